The van der Waals surface area contributed by atoms with Gasteiger partial charge in [0.2, 0.25) is 0 Å². The highest BCUT2D eigenvalue weighted by Crippen LogP contribution is 2.29. The van der Waals surface area contributed by atoms with Crippen molar-refractivity contribution in [3.8, 4) is 0 Å². The van der Waals surface area contributed by atoms with Crippen LogP contribution in [0.4, 0.5) is 0 Å². The molecule has 0 aromatic carbocycles. The quantitative estimate of drug-likeness (QED) is 0.741. The van der Waals surface area contributed by atoms with Crippen molar-refractivity contribution in [2.24, 2.45) is 11.8 Å². The van der Waals surface area contributed by atoms with Crippen LogP contribution in [0.5, 0.6) is 0 Å². The van der Waals surface area contributed by atoms with Gasteiger partial charge in [-0.15, -0.1) is 0 Å². The SMILES string of the molecule is CC(C)C1C(=O)C=CC(C(=O)O)=C1C(=O)O. The third-order valence-electron chi connectivity index (χ3n) is 2.45. The van der Waals surface area contributed by atoms with E-state index in [-0.39, 0.29) is 22.8 Å². The number of carboxylic acid groups (broad SMARTS) is 2. The van der Waals surface area contributed by atoms with E-state index in [0.29, 0.717) is 0 Å². The average Bonchev–Trinajstić information content (AvgIpc) is 2.15. The fraction of sp³-hybridized carbons (Fsp3) is 0.364. The molecule has 0 amide bonds. The lowest BCUT2D eigenvalue weighted by atomic mass is 9.79. The number of hydrogen-bond donors (Lipinski definition) is 2. The maximum atomic E-state index is 11.5. The highest BCUT2D eigenvalue weighted by atomic mass is 16.4. The first kappa shape index (κ1) is 12.2. The van der Waals surface area contributed by atoms with Gasteiger partial charge in [0, 0.05) is 0 Å². The van der Waals surface area contributed by atoms with E-state index in [4.69, 9.17) is 10.2 Å². The van der Waals surface area contributed by atoms with Gasteiger partial charge in [-0.3, -0.25) is 4.79 Å². The van der Waals surface area contributed by atoms with Crippen molar-refractivity contribution in [1.29, 1.82) is 0 Å². The Morgan fingerprint density at radius 2 is 1.75 bits per heavy atom. The second kappa shape index (κ2) is 4.30. The van der Waals surface area contributed by atoms with E-state index in [0.717, 1.165) is 12.2 Å². The molecule has 0 saturated heterocycles. The minimum absolute atomic E-state index is 0.252. The summed E-state index contributed by atoms with van der Waals surface area (Å²) in [6.45, 7) is 3.37. The first-order chi connectivity index (χ1) is 7.36. The van der Waals surface area contributed by atoms with Crippen LogP contribution in [0.2, 0.25) is 0 Å². The predicted molar refractivity (Wildman–Crippen MR) is 54.8 cm³/mol. The first-order valence-electron chi connectivity index (χ1n) is 4.79. The molecule has 5 nitrogen and oxygen atoms in total. The number of allylic oxidation sites excluding steroid dienone is 1. The van der Waals surface area contributed by atoms with Gasteiger partial charge in [-0.1, -0.05) is 13.8 Å². The van der Waals surface area contributed by atoms with Crippen LogP contribution in [0.1, 0.15) is 13.8 Å². The van der Waals surface area contributed by atoms with Gasteiger partial charge in [-0.05, 0) is 18.1 Å². The summed E-state index contributed by atoms with van der Waals surface area (Å²) in [6.07, 6.45) is 2.17. The van der Waals surface area contributed by atoms with Crippen LogP contribution >= 0.6 is 0 Å². The molecular formula is C11H12O5. The van der Waals surface area contributed by atoms with Crippen molar-refractivity contribution in [1.82, 2.24) is 0 Å². The Morgan fingerprint density at radius 3 is 2.12 bits per heavy atom. The lowest BCUT2D eigenvalue weighted by molar-refractivity contribution is -0.137. The third kappa shape index (κ3) is 2.03. The van der Waals surface area contributed by atoms with Gasteiger partial charge < -0.3 is 10.2 Å². The molecule has 0 radical (unpaired) electrons. The lowest BCUT2D eigenvalue weighted by Gasteiger charge is -2.22. The highest BCUT2D eigenvalue weighted by molar-refractivity contribution is 6.10. The molecule has 2 N–H and O–H groups in total. The van der Waals surface area contributed by atoms with Crippen molar-refractivity contribution in [2.75, 3.05) is 0 Å². The summed E-state index contributed by atoms with van der Waals surface area (Å²) in [5, 5.41) is 17.8. The van der Waals surface area contributed by atoms with E-state index in [2.05, 4.69) is 0 Å². The van der Waals surface area contributed by atoms with Crippen LogP contribution in [0.3, 0.4) is 0 Å². The third-order valence-corrected chi connectivity index (χ3v) is 2.45. The van der Waals surface area contributed by atoms with Crippen molar-refractivity contribution >= 4 is 17.7 Å². The van der Waals surface area contributed by atoms with Gasteiger partial charge >= 0.3 is 11.9 Å². The van der Waals surface area contributed by atoms with Crippen LogP contribution in [0, 0.1) is 11.8 Å². The summed E-state index contributed by atoms with van der Waals surface area (Å²) in [4.78, 5) is 33.4. The summed E-state index contributed by atoms with van der Waals surface area (Å²) in [7, 11) is 0. The van der Waals surface area contributed by atoms with Crippen molar-refractivity contribution in [3.05, 3.63) is 23.3 Å². The van der Waals surface area contributed by atoms with Gasteiger partial charge in [-0.2, -0.15) is 0 Å². The van der Waals surface area contributed by atoms with Gasteiger partial charge in [0.05, 0.1) is 17.1 Å². The molecule has 5 heteroatoms. The second-order valence-electron chi connectivity index (χ2n) is 3.90. The monoisotopic (exact) mass is 224 g/mol. The van der Waals surface area contributed by atoms with E-state index in [1.54, 1.807) is 13.8 Å². The molecule has 0 fully saturated rings. The van der Waals surface area contributed by atoms with Gasteiger partial charge in [0.15, 0.2) is 5.78 Å². The first-order valence-corrected chi connectivity index (χ1v) is 4.79. The standard InChI is InChI=1S/C11H12O5/c1-5(2)8-7(12)4-3-6(10(13)14)9(8)11(15)16/h3-5,8H,1-2H3,(H,13,14)(H,15,16). The molecule has 1 aliphatic rings. The highest BCUT2D eigenvalue weighted by Gasteiger charge is 2.35. The maximum absolute atomic E-state index is 11.5. The van der Waals surface area contributed by atoms with E-state index >= 15 is 0 Å². The van der Waals surface area contributed by atoms with Gasteiger partial charge in [0.1, 0.15) is 0 Å². The molecule has 1 aliphatic carbocycles. The zero-order valence-corrected chi connectivity index (χ0v) is 8.93. The molecule has 0 aliphatic heterocycles. The average molecular weight is 224 g/mol. The largest absolute Gasteiger partial charge is 0.478 e. The Kier molecular flexibility index (Phi) is 3.27. The van der Waals surface area contributed by atoms with Crippen LogP contribution in [-0.4, -0.2) is 27.9 Å². The van der Waals surface area contributed by atoms with Crippen LogP contribution in [-0.2, 0) is 14.4 Å². The molecule has 0 spiro atoms. The second-order valence-corrected chi connectivity index (χ2v) is 3.90. The van der Waals surface area contributed by atoms with Gasteiger partial charge in [0.25, 0.3) is 0 Å². The Hall–Kier alpha value is -1.91. The van der Waals surface area contributed by atoms with E-state index in [9.17, 15) is 14.4 Å². The zero-order valence-electron chi connectivity index (χ0n) is 8.93. The van der Waals surface area contributed by atoms with Crippen LogP contribution < -0.4 is 0 Å². The normalized spacial score (nSPS) is 20.4. The molecule has 0 aromatic heterocycles. The Labute approximate surface area is 92.1 Å². The van der Waals surface area contributed by atoms with E-state index < -0.39 is 17.9 Å². The summed E-state index contributed by atoms with van der Waals surface area (Å²) < 4.78 is 0. The number of aliphatic carboxylic acids is 2. The van der Waals surface area contributed by atoms with Crippen molar-refractivity contribution in [3.63, 3.8) is 0 Å². The number of carbonyl (C=O) groups excluding carboxylic acids is 1. The number of hydrogen-bond acceptors (Lipinski definition) is 3. The fourth-order valence-corrected chi connectivity index (χ4v) is 1.77. The molecule has 1 rings (SSSR count). The smallest absolute Gasteiger partial charge is 0.336 e. The molecule has 0 aromatic rings. The number of rotatable bonds is 3. The zero-order chi connectivity index (χ0) is 12.5. The van der Waals surface area contributed by atoms with Gasteiger partial charge in [-0.25, -0.2) is 9.59 Å². The van der Waals surface area contributed by atoms with Crippen molar-refractivity contribution in [2.45, 2.75) is 13.8 Å². The fourth-order valence-electron chi connectivity index (χ4n) is 1.77. The van der Waals surface area contributed by atoms with Crippen LogP contribution in [0.25, 0.3) is 0 Å². The minimum atomic E-state index is -1.35. The van der Waals surface area contributed by atoms with E-state index in [1.165, 1.54) is 0 Å². The van der Waals surface area contributed by atoms with E-state index in [1.807, 2.05) is 0 Å². The topological polar surface area (TPSA) is 91.7 Å². The Bertz CT molecular complexity index is 414. The molecule has 1 atom stereocenters. The molecular weight excluding hydrogens is 212 g/mol. The molecule has 0 saturated carbocycles. The lowest BCUT2D eigenvalue weighted by Crippen LogP contribution is -2.30. The maximum Gasteiger partial charge on any atom is 0.336 e. The number of ketones is 1. The molecule has 0 heterocycles. The molecule has 1 unspecified atom stereocenters. The molecule has 16 heavy (non-hydrogen) atoms. The van der Waals surface area contributed by atoms with Crippen LogP contribution in [0.15, 0.2) is 23.3 Å². The predicted octanol–water partition coefficient (Wildman–Crippen LogP) is 0.863. The summed E-state index contributed by atoms with van der Waals surface area (Å²) in [5.74, 6) is -4.18. The Balaban J connectivity index is 3.38. The molecule has 0 bridgehead atoms. The summed E-state index contributed by atoms with van der Waals surface area (Å²) in [5.41, 5.74) is -0.638. The summed E-state index contributed by atoms with van der Waals surface area (Å²) >= 11 is 0. The number of carbonyl (C=O) groups is 3. The number of carboxylic acids is 2. The Morgan fingerprint density at radius 1 is 1.19 bits per heavy atom. The summed E-state index contributed by atoms with van der Waals surface area (Å²) in [6, 6.07) is 0. The van der Waals surface area contributed by atoms with Crippen molar-refractivity contribution < 1.29 is 24.6 Å². The molecule has 86 valence electrons. The minimum Gasteiger partial charge on any atom is -0.478 e.